The molecule has 1 amide bonds. The van der Waals surface area contributed by atoms with Crippen molar-refractivity contribution in [3.05, 3.63) is 66.6 Å². The first-order valence-corrected chi connectivity index (χ1v) is 15.8. The van der Waals surface area contributed by atoms with Crippen molar-refractivity contribution in [1.82, 2.24) is 24.8 Å². The second kappa shape index (κ2) is 12.3. The van der Waals surface area contributed by atoms with Gasteiger partial charge in [-0.05, 0) is 54.8 Å². The van der Waals surface area contributed by atoms with Crippen LogP contribution in [-0.2, 0) is 4.79 Å². The number of benzene rings is 2. The summed E-state index contributed by atoms with van der Waals surface area (Å²) in [5, 5.41) is 1.40. The topological polar surface area (TPSA) is 74.5 Å². The maximum absolute atomic E-state index is 16.7. The number of rotatable bonds is 8. The third-order valence-electron chi connectivity index (χ3n) is 9.75. The van der Waals surface area contributed by atoms with E-state index in [1.807, 2.05) is 6.21 Å². The van der Waals surface area contributed by atoms with Gasteiger partial charge in [0, 0.05) is 54.3 Å². The van der Waals surface area contributed by atoms with Gasteiger partial charge in [0.25, 0.3) is 6.43 Å². The molecule has 4 aromatic rings. The van der Waals surface area contributed by atoms with E-state index in [1.165, 1.54) is 24.4 Å². The molecule has 47 heavy (non-hydrogen) atoms. The van der Waals surface area contributed by atoms with E-state index in [-0.39, 0.29) is 46.8 Å². The summed E-state index contributed by atoms with van der Waals surface area (Å²) in [6, 6.07) is 9.51. The zero-order valence-corrected chi connectivity index (χ0v) is 26.0. The molecule has 3 fully saturated rings. The van der Waals surface area contributed by atoms with E-state index >= 15 is 4.39 Å². The molecule has 5 heterocycles. The molecular weight excluding hydrogens is 612 g/mol. The molecule has 2 aromatic carbocycles. The number of halogens is 4. The van der Waals surface area contributed by atoms with Gasteiger partial charge in [0.05, 0.1) is 18.8 Å². The van der Waals surface area contributed by atoms with Gasteiger partial charge in [0.1, 0.15) is 29.4 Å². The Morgan fingerprint density at radius 1 is 1.19 bits per heavy atom. The van der Waals surface area contributed by atoms with Crippen LogP contribution in [0.3, 0.4) is 0 Å². The highest BCUT2D eigenvalue weighted by molar-refractivity contribution is 5.99. The summed E-state index contributed by atoms with van der Waals surface area (Å²) in [6.07, 6.45) is 3.74. The molecule has 0 bridgehead atoms. The van der Waals surface area contributed by atoms with Crippen LogP contribution >= 0.6 is 0 Å². The summed E-state index contributed by atoms with van der Waals surface area (Å²) in [5.74, 6) is -0.602. The van der Waals surface area contributed by atoms with Crippen LogP contribution in [0.5, 0.6) is 6.01 Å². The smallest absolute Gasteiger partial charge is 0.434 e. The molecule has 3 saturated heterocycles. The Labute approximate surface area is 269 Å². The Kier molecular flexibility index (Phi) is 8.15. The Bertz CT molecular complexity index is 1920. The molecule has 2 aromatic heterocycles. The lowest BCUT2D eigenvalue weighted by molar-refractivity contribution is -0.405. The lowest BCUT2D eigenvalue weighted by atomic mass is 9.95. The van der Waals surface area contributed by atoms with E-state index in [1.54, 1.807) is 40.8 Å². The van der Waals surface area contributed by atoms with Crippen LogP contribution in [0.4, 0.5) is 23.4 Å². The van der Waals surface area contributed by atoms with Crippen molar-refractivity contribution in [3.63, 3.8) is 0 Å². The molecule has 0 N–H and O–H groups in total. The molecule has 7 rings (SSSR count). The molecule has 0 aliphatic carbocycles. The first-order valence-electron chi connectivity index (χ1n) is 15.8. The summed E-state index contributed by atoms with van der Waals surface area (Å²) < 4.78 is 66.9. The van der Waals surface area contributed by atoms with Crippen molar-refractivity contribution >= 4 is 39.6 Å². The maximum Gasteiger partial charge on any atom is 0.434 e. The van der Waals surface area contributed by atoms with E-state index < -0.39 is 24.0 Å². The summed E-state index contributed by atoms with van der Waals surface area (Å²) in [7, 11) is 1.77. The molecular formula is C35H35F4N6O2+. The molecule has 3 aliphatic heterocycles. The number of carbonyl (C=O) groups is 1. The number of nitrogens with zero attached hydrogens (tertiary/aromatic N) is 6. The highest BCUT2D eigenvalue weighted by atomic mass is 19.3. The van der Waals surface area contributed by atoms with Crippen molar-refractivity contribution < 1.29 is 31.7 Å². The second-order valence-corrected chi connectivity index (χ2v) is 12.8. The van der Waals surface area contributed by atoms with Gasteiger partial charge in [-0.1, -0.05) is 30.8 Å². The number of aromatic nitrogens is 3. The van der Waals surface area contributed by atoms with Crippen LogP contribution in [0.2, 0.25) is 0 Å². The average Bonchev–Trinajstić information content (AvgIpc) is 3.77. The van der Waals surface area contributed by atoms with Crippen LogP contribution in [0, 0.1) is 11.7 Å². The van der Waals surface area contributed by atoms with Gasteiger partial charge in [-0.3, -0.25) is 14.7 Å². The standard InChI is InChI=1S/C35H35F4N6O2/c1-3-28(46)44-12-9-21(18-44)17-43(2)33-27-16-40-30(26-14-23(32(38)39)13-22-7-4-5-8-25(22)26)29(37)31(27)41-34(42-33)47-20-35-10-6-11-45(35)19-24(36)15-35/h3-5,7-8,13-14,16-17,21,24,32H,1,6,9-12,15,18-20H2,2H3/q+1/b43-17+/t21?,24-,35+/m1/s1. The molecule has 0 saturated carbocycles. The van der Waals surface area contributed by atoms with E-state index in [0.717, 1.165) is 25.8 Å². The van der Waals surface area contributed by atoms with Gasteiger partial charge in [-0.2, -0.15) is 4.98 Å². The van der Waals surface area contributed by atoms with E-state index in [4.69, 9.17) is 4.74 Å². The average molecular weight is 648 g/mol. The van der Waals surface area contributed by atoms with Gasteiger partial charge >= 0.3 is 11.8 Å². The van der Waals surface area contributed by atoms with Crippen molar-refractivity contribution in [2.75, 3.05) is 39.8 Å². The summed E-state index contributed by atoms with van der Waals surface area (Å²) in [6.45, 7) is 5.94. The number of fused-ring (bicyclic) bond motifs is 3. The van der Waals surface area contributed by atoms with Gasteiger partial charge in [0.2, 0.25) is 5.91 Å². The fraction of sp³-hybridized carbons (Fsp3) is 0.400. The zero-order valence-electron chi connectivity index (χ0n) is 26.0. The highest BCUT2D eigenvalue weighted by Crippen LogP contribution is 2.41. The monoisotopic (exact) mass is 647 g/mol. The van der Waals surface area contributed by atoms with Crippen molar-refractivity contribution in [2.45, 2.75) is 43.8 Å². The minimum absolute atomic E-state index is 0.00438. The van der Waals surface area contributed by atoms with E-state index in [9.17, 15) is 18.0 Å². The fourth-order valence-corrected chi connectivity index (χ4v) is 7.47. The minimum atomic E-state index is -2.76. The molecule has 0 radical (unpaired) electrons. The zero-order chi connectivity index (χ0) is 32.9. The van der Waals surface area contributed by atoms with Crippen LogP contribution in [0.15, 0.2) is 55.3 Å². The molecule has 8 nitrogen and oxygen atoms in total. The van der Waals surface area contributed by atoms with Gasteiger partial charge in [0.15, 0.2) is 5.82 Å². The largest absolute Gasteiger partial charge is 0.443 e. The summed E-state index contributed by atoms with van der Waals surface area (Å²) >= 11 is 0. The normalized spacial score (nSPS) is 23.3. The van der Waals surface area contributed by atoms with Gasteiger partial charge in [-0.25, -0.2) is 22.1 Å². The minimum Gasteiger partial charge on any atom is -0.443 e. The predicted octanol–water partition coefficient (Wildman–Crippen LogP) is 6.26. The third kappa shape index (κ3) is 5.72. The van der Waals surface area contributed by atoms with Crippen molar-refractivity contribution in [2.24, 2.45) is 5.92 Å². The van der Waals surface area contributed by atoms with E-state index in [2.05, 4.69) is 26.4 Å². The number of ether oxygens (including phenoxy) is 1. The van der Waals surface area contributed by atoms with Gasteiger partial charge in [-0.15, -0.1) is 0 Å². The summed E-state index contributed by atoms with van der Waals surface area (Å²) in [4.78, 5) is 29.6. The molecule has 1 unspecified atom stereocenters. The number of hydrogen-bond acceptors (Lipinski definition) is 6. The lowest BCUT2D eigenvalue weighted by Gasteiger charge is -2.30. The molecule has 3 aliphatic rings. The Balaban J connectivity index is 1.33. The SMILES string of the molecule is C=CC(=O)N1CCC(/C=[N+](\C)c2nc(OC[C@@]34CCCN3C[C@H](F)C4)nc3c(F)c(-c4cc(C(F)F)cc5ccccc45)ncc23)C1. The van der Waals surface area contributed by atoms with Crippen molar-refractivity contribution in [3.8, 4) is 17.3 Å². The number of likely N-dealkylation sites (tertiary alicyclic amines) is 1. The second-order valence-electron chi connectivity index (χ2n) is 12.8. The highest BCUT2D eigenvalue weighted by Gasteiger charge is 2.49. The van der Waals surface area contributed by atoms with Gasteiger partial charge < -0.3 is 9.64 Å². The Morgan fingerprint density at radius 2 is 2.02 bits per heavy atom. The first-order chi connectivity index (χ1) is 22.7. The van der Waals surface area contributed by atoms with Crippen LogP contribution < -0.4 is 4.74 Å². The molecule has 12 heteroatoms. The quantitative estimate of drug-likeness (QED) is 0.0974. The number of alkyl halides is 3. The first kappa shape index (κ1) is 31.2. The number of pyridine rings is 1. The molecule has 244 valence electrons. The van der Waals surface area contributed by atoms with E-state index in [0.29, 0.717) is 48.0 Å². The Hall–Kier alpha value is -4.45. The number of amides is 1. The Morgan fingerprint density at radius 3 is 2.83 bits per heavy atom. The maximum atomic E-state index is 16.7. The third-order valence-corrected chi connectivity index (χ3v) is 9.75. The number of carbonyl (C=O) groups excluding carboxylic acids is 1. The lowest BCUT2D eigenvalue weighted by Crippen LogP contribution is -2.43. The fourth-order valence-electron chi connectivity index (χ4n) is 7.47. The van der Waals surface area contributed by atoms with Crippen LogP contribution in [0.25, 0.3) is 32.9 Å². The molecule has 3 atom stereocenters. The van der Waals surface area contributed by atoms with Crippen LogP contribution in [-0.4, -0.2) is 93.0 Å². The summed E-state index contributed by atoms with van der Waals surface area (Å²) in [5.41, 5.74) is -0.696. The number of hydrogen-bond donors (Lipinski definition) is 0. The van der Waals surface area contributed by atoms with Crippen LogP contribution in [0.1, 0.15) is 37.7 Å². The van der Waals surface area contributed by atoms with Crippen molar-refractivity contribution in [1.29, 1.82) is 0 Å². The molecule has 0 spiro atoms. The predicted molar refractivity (Wildman–Crippen MR) is 171 cm³/mol.